The van der Waals surface area contributed by atoms with E-state index in [0.29, 0.717) is 6.04 Å². The molecule has 0 fully saturated rings. The highest BCUT2D eigenvalue weighted by molar-refractivity contribution is 5.81. The van der Waals surface area contributed by atoms with Crippen molar-refractivity contribution in [2.75, 3.05) is 0 Å². The Labute approximate surface area is 128 Å². The van der Waals surface area contributed by atoms with Gasteiger partial charge in [-0.05, 0) is 26.3 Å². The first-order valence-corrected chi connectivity index (χ1v) is 7.72. The minimum atomic E-state index is -0.501. The van der Waals surface area contributed by atoms with Gasteiger partial charge in [0.05, 0.1) is 0 Å². The van der Waals surface area contributed by atoms with E-state index in [1.54, 1.807) is 6.92 Å². The number of ether oxygens (including phenoxy) is 1. The summed E-state index contributed by atoms with van der Waals surface area (Å²) in [6.45, 7) is 10.8. The van der Waals surface area contributed by atoms with Gasteiger partial charge in [-0.15, -0.1) is 0 Å². The lowest BCUT2D eigenvalue weighted by atomic mass is 10.2. The summed E-state index contributed by atoms with van der Waals surface area (Å²) in [5.74, 6) is 0.688. The first-order chi connectivity index (χ1) is 9.93. The summed E-state index contributed by atoms with van der Waals surface area (Å²) < 4.78 is 5.83. The number of hydrogen-bond acceptors (Lipinski definition) is 3. The quantitative estimate of drug-likeness (QED) is 0.774. The molecule has 0 aliphatic rings. The molecule has 0 aliphatic heterocycles. The van der Waals surface area contributed by atoms with E-state index < -0.39 is 6.10 Å². The highest BCUT2D eigenvalue weighted by Crippen LogP contribution is 2.19. The van der Waals surface area contributed by atoms with E-state index in [2.05, 4.69) is 24.5 Å². The van der Waals surface area contributed by atoms with Crippen LogP contribution >= 0.6 is 0 Å². The SMILES string of the molecule is CCC(C)NC(=O)C(C)Oc1ccccc1CNC(C)C. The van der Waals surface area contributed by atoms with Crippen molar-refractivity contribution in [3.8, 4) is 5.75 Å². The van der Waals surface area contributed by atoms with Crippen LogP contribution in [-0.4, -0.2) is 24.1 Å². The van der Waals surface area contributed by atoms with Gasteiger partial charge < -0.3 is 15.4 Å². The molecule has 4 heteroatoms. The second-order valence-electron chi connectivity index (χ2n) is 5.72. The number of rotatable bonds is 8. The van der Waals surface area contributed by atoms with E-state index in [1.165, 1.54) is 0 Å². The average Bonchev–Trinajstić information content (AvgIpc) is 2.45. The lowest BCUT2D eigenvalue weighted by Gasteiger charge is -2.20. The summed E-state index contributed by atoms with van der Waals surface area (Å²) in [7, 11) is 0. The fourth-order valence-corrected chi connectivity index (χ4v) is 1.79. The van der Waals surface area contributed by atoms with Crippen LogP contribution in [0.2, 0.25) is 0 Å². The second kappa shape index (κ2) is 8.67. The fourth-order valence-electron chi connectivity index (χ4n) is 1.79. The van der Waals surface area contributed by atoms with Gasteiger partial charge in [0.15, 0.2) is 6.10 Å². The molecule has 0 heterocycles. The van der Waals surface area contributed by atoms with Gasteiger partial charge in [-0.3, -0.25) is 4.79 Å². The summed E-state index contributed by atoms with van der Waals surface area (Å²) in [6, 6.07) is 8.40. The Balaban J connectivity index is 2.66. The molecule has 0 aromatic heterocycles. The molecule has 0 radical (unpaired) electrons. The maximum absolute atomic E-state index is 12.0. The minimum Gasteiger partial charge on any atom is -0.481 e. The van der Waals surface area contributed by atoms with Crippen molar-refractivity contribution in [1.29, 1.82) is 0 Å². The summed E-state index contributed by atoms with van der Waals surface area (Å²) in [4.78, 5) is 12.0. The first-order valence-electron chi connectivity index (χ1n) is 7.72. The van der Waals surface area contributed by atoms with E-state index in [1.807, 2.05) is 38.1 Å². The lowest BCUT2D eigenvalue weighted by Crippen LogP contribution is -2.41. The van der Waals surface area contributed by atoms with Crippen molar-refractivity contribution in [3.63, 3.8) is 0 Å². The molecule has 2 N–H and O–H groups in total. The largest absolute Gasteiger partial charge is 0.481 e. The van der Waals surface area contributed by atoms with Crippen LogP contribution in [0.15, 0.2) is 24.3 Å². The van der Waals surface area contributed by atoms with E-state index in [9.17, 15) is 4.79 Å². The number of carbonyl (C=O) groups excluding carboxylic acids is 1. The normalized spacial score (nSPS) is 13.8. The molecule has 1 amide bonds. The number of nitrogens with one attached hydrogen (secondary N) is 2. The van der Waals surface area contributed by atoms with Crippen molar-refractivity contribution < 1.29 is 9.53 Å². The molecule has 0 aliphatic carbocycles. The zero-order chi connectivity index (χ0) is 15.8. The molecule has 21 heavy (non-hydrogen) atoms. The Morgan fingerprint density at radius 1 is 1.19 bits per heavy atom. The molecule has 2 unspecified atom stereocenters. The Morgan fingerprint density at radius 2 is 1.86 bits per heavy atom. The van der Waals surface area contributed by atoms with E-state index >= 15 is 0 Å². The maximum Gasteiger partial charge on any atom is 0.260 e. The Bertz CT molecular complexity index is 446. The molecule has 0 bridgehead atoms. The number of para-hydroxylation sites is 1. The van der Waals surface area contributed by atoms with Crippen molar-refractivity contribution in [1.82, 2.24) is 10.6 Å². The Hall–Kier alpha value is -1.55. The zero-order valence-electron chi connectivity index (χ0n) is 13.8. The summed E-state index contributed by atoms with van der Waals surface area (Å²) in [6.07, 6.45) is 0.409. The molecule has 0 spiro atoms. The van der Waals surface area contributed by atoms with Crippen LogP contribution in [0.1, 0.15) is 46.6 Å². The second-order valence-corrected chi connectivity index (χ2v) is 5.72. The molecule has 118 valence electrons. The molecule has 2 atom stereocenters. The molecule has 1 aromatic carbocycles. The van der Waals surface area contributed by atoms with Gasteiger partial charge in [0.1, 0.15) is 5.75 Å². The van der Waals surface area contributed by atoms with Crippen molar-refractivity contribution >= 4 is 5.91 Å². The number of benzene rings is 1. The van der Waals surface area contributed by atoms with Gasteiger partial charge >= 0.3 is 0 Å². The third-order valence-corrected chi connectivity index (χ3v) is 3.35. The monoisotopic (exact) mass is 292 g/mol. The van der Waals surface area contributed by atoms with Crippen molar-refractivity contribution in [3.05, 3.63) is 29.8 Å². The summed E-state index contributed by atoms with van der Waals surface area (Å²) in [5, 5.41) is 6.31. The predicted molar refractivity (Wildman–Crippen MR) is 86.4 cm³/mol. The van der Waals surface area contributed by atoms with Crippen LogP contribution in [-0.2, 0) is 11.3 Å². The fraction of sp³-hybridized carbons (Fsp3) is 0.588. The molecule has 1 rings (SSSR count). The maximum atomic E-state index is 12.0. The van der Waals surface area contributed by atoms with Crippen LogP contribution in [0.4, 0.5) is 0 Å². The molecule has 0 saturated heterocycles. The van der Waals surface area contributed by atoms with Gasteiger partial charge in [-0.1, -0.05) is 39.0 Å². The van der Waals surface area contributed by atoms with E-state index in [4.69, 9.17) is 4.74 Å². The third kappa shape index (κ3) is 6.17. The minimum absolute atomic E-state index is 0.0732. The number of hydrogen-bond donors (Lipinski definition) is 2. The molecular weight excluding hydrogens is 264 g/mol. The first kappa shape index (κ1) is 17.5. The topological polar surface area (TPSA) is 50.4 Å². The van der Waals surface area contributed by atoms with Gasteiger partial charge in [0.25, 0.3) is 5.91 Å². The third-order valence-electron chi connectivity index (χ3n) is 3.35. The van der Waals surface area contributed by atoms with Gasteiger partial charge in [0, 0.05) is 24.2 Å². The van der Waals surface area contributed by atoms with Gasteiger partial charge in [-0.2, -0.15) is 0 Å². The predicted octanol–water partition coefficient (Wildman–Crippen LogP) is 2.87. The van der Waals surface area contributed by atoms with Crippen LogP contribution in [0, 0.1) is 0 Å². The van der Waals surface area contributed by atoms with Crippen LogP contribution < -0.4 is 15.4 Å². The van der Waals surface area contributed by atoms with Gasteiger partial charge in [0.2, 0.25) is 0 Å². The molecule has 1 aromatic rings. The molecule has 4 nitrogen and oxygen atoms in total. The zero-order valence-corrected chi connectivity index (χ0v) is 13.8. The van der Waals surface area contributed by atoms with Crippen LogP contribution in [0.3, 0.4) is 0 Å². The highest BCUT2D eigenvalue weighted by atomic mass is 16.5. The van der Waals surface area contributed by atoms with Crippen LogP contribution in [0.5, 0.6) is 5.75 Å². The van der Waals surface area contributed by atoms with E-state index in [-0.39, 0.29) is 11.9 Å². The van der Waals surface area contributed by atoms with Crippen molar-refractivity contribution in [2.24, 2.45) is 0 Å². The Morgan fingerprint density at radius 3 is 2.48 bits per heavy atom. The number of carbonyl (C=O) groups is 1. The number of amides is 1. The summed E-state index contributed by atoms with van der Waals surface area (Å²) in [5.41, 5.74) is 1.06. The lowest BCUT2D eigenvalue weighted by molar-refractivity contribution is -0.127. The average molecular weight is 292 g/mol. The summed E-state index contributed by atoms with van der Waals surface area (Å²) >= 11 is 0. The molecular formula is C17H28N2O2. The van der Waals surface area contributed by atoms with Crippen molar-refractivity contribution in [2.45, 2.75) is 65.8 Å². The molecule has 0 saturated carbocycles. The smallest absolute Gasteiger partial charge is 0.260 e. The highest BCUT2D eigenvalue weighted by Gasteiger charge is 2.17. The van der Waals surface area contributed by atoms with Gasteiger partial charge in [-0.25, -0.2) is 0 Å². The Kier molecular flexibility index (Phi) is 7.23. The standard InChI is InChI=1S/C17H28N2O2/c1-6-13(4)19-17(20)14(5)21-16-10-8-7-9-15(16)11-18-12(2)3/h7-10,12-14,18H,6,11H2,1-5H3,(H,19,20). The van der Waals surface area contributed by atoms with E-state index in [0.717, 1.165) is 24.3 Å². The van der Waals surface area contributed by atoms with Crippen LogP contribution in [0.25, 0.3) is 0 Å².